The Kier molecular flexibility index (Phi) is 5.33. The van der Waals surface area contributed by atoms with Gasteiger partial charge >= 0.3 is 0 Å². The van der Waals surface area contributed by atoms with Gasteiger partial charge in [-0.15, -0.1) is 11.8 Å². The molecule has 0 saturated carbocycles. The quantitative estimate of drug-likeness (QED) is 0.719. The number of carbonyl (C=O) groups is 3. The fourth-order valence-corrected chi connectivity index (χ4v) is 3.72. The van der Waals surface area contributed by atoms with Gasteiger partial charge in [-0.1, -0.05) is 11.6 Å². The molecule has 10 heteroatoms. The smallest absolute Gasteiger partial charge is 0.251 e. The molecular weight excluding hydrogens is 400 g/mol. The van der Waals surface area contributed by atoms with Gasteiger partial charge in [0, 0.05) is 22.4 Å². The Bertz CT molecular complexity index is 971. The zero-order chi connectivity index (χ0) is 19.7. The SMILES string of the molecule is NC(=O)c1cc(NC(=O)CC2Sc3ccc(Cl)cc3NC2=O)c(F)cc1F. The minimum absolute atomic E-state index is 0.263. The molecule has 140 valence electrons. The second kappa shape index (κ2) is 7.53. The number of hydrogen-bond acceptors (Lipinski definition) is 4. The minimum Gasteiger partial charge on any atom is -0.366 e. The third-order valence-corrected chi connectivity index (χ3v) is 5.24. The first-order chi connectivity index (χ1) is 12.7. The van der Waals surface area contributed by atoms with Gasteiger partial charge in [-0.3, -0.25) is 14.4 Å². The summed E-state index contributed by atoms with van der Waals surface area (Å²) in [4.78, 5) is 36.3. The van der Waals surface area contributed by atoms with Crippen LogP contribution in [0.1, 0.15) is 16.8 Å². The molecule has 6 nitrogen and oxygen atoms in total. The lowest BCUT2D eigenvalue weighted by Crippen LogP contribution is -2.32. The predicted octanol–water partition coefficient (Wildman–Crippen LogP) is 3.16. The number of nitrogens with two attached hydrogens (primary N) is 1. The highest BCUT2D eigenvalue weighted by Gasteiger charge is 2.29. The van der Waals surface area contributed by atoms with Crippen molar-refractivity contribution in [1.29, 1.82) is 0 Å². The van der Waals surface area contributed by atoms with Crippen LogP contribution in [0.2, 0.25) is 5.02 Å². The number of amides is 3. The van der Waals surface area contributed by atoms with Crippen molar-refractivity contribution in [2.45, 2.75) is 16.6 Å². The first-order valence-electron chi connectivity index (χ1n) is 7.60. The summed E-state index contributed by atoms with van der Waals surface area (Å²) in [5, 5.41) is 4.59. The molecule has 0 aromatic heterocycles. The van der Waals surface area contributed by atoms with Crippen LogP contribution in [0, 0.1) is 11.6 Å². The molecule has 4 N–H and O–H groups in total. The summed E-state index contributed by atoms with van der Waals surface area (Å²) in [5.41, 5.74) is 4.60. The van der Waals surface area contributed by atoms with E-state index in [1.165, 1.54) is 11.8 Å². The summed E-state index contributed by atoms with van der Waals surface area (Å²) in [7, 11) is 0. The summed E-state index contributed by atoms with van der Waals surface area (Å²) in [6.07, 6.45) is -0.263. The number of halogens is 3. The third kappa shape index (κ3) is 4.20. The molecule has 1 atom stereocenters. The molecule has 27 heavy (non-hydrogen) atoms. The maximum absolute atomic E-state index is 13.8. The number of nitrogens with one attached hydrogen (secondary N) is 2. The molecule has 1 heterocycles. The van der Waals surface area contributed by atoms with E-state index in [9.17, 15) is 23.2 Å². The predicted molar refractivity (Wildman–Crippen MR) is 97.8 cm³/mol. The Labute approximate surface area is 161 Å². The monoisotopic (exact) mass is 411 g/mol. The van der Waals surface area contributed by atoms with Gasteiger partial charge in [0.2, 0.25) is 11.8 Å². The normalized spacial score (nSPS) is 15.7. The molecular formula is C17H12ClF2N3O3S. The Morgan fingerprint density at radius 3 is 2.67 bits per heavy atom. The van der Waals surface area contributed by atoms with Crippen LogP contribution in [0.4, 0.5) is 20.2 Å². The number of primary amides is 1. The van der Waals surface area contributed by atoms with Crippen LogP contribution in [0.15, 0.2) is 35.2 Å². The Morgan fingerprint density at radius 2 is 1.96 bits per heavy atom. The average molecular weight is 412 g/mol. The summed E-state index contributed by atoms with van der Waals surface area (Å²) >= 11 is 7.04. The first-order valence-corrected chi connectivity index (χ1v) is 8.86. The Balaban J connectivity index is 1.73. The van der Waals surface area contributed by atoms with E-state index in [1.807, 2.05) is 0 Å². The maximum atomic E-state index is 13.8. The van der Waals surface area contributed by atoms with Gasteiger partial charge in [-0.25, -0.2) is 8.78 Å². The second-order valence-electron chi connectivity index (χ2n) is 5.66. The number of hydrogen-bond donors (Lipinski definition) is 3. The zero-order valence-electron chi connectivity index (χ0n) is 13.5. The van der Waals surface area contributed by atoms with E-state index < -0.39 is 45.9 Å². The molecule has 0 spiro atoms. The molecule has 3 amide bonds. The molecule has 0 aliphatic carbocycles. The molecule has 2 aromatic carbocycles. The van der Waals surface area contributed by atoms with Gasteiger partial charge < -0.3 is 16.4 Å². The van der Waals surface area contributed by atoms with Crippen LogP contribution in [-0.4, -0.2) is 23.0 Å². The van der Waals surface area contributed by atoms with Crippen molar-refractivity contribution in [1.82, 2.24) is 0 Å². The number of fused-ring (bicyclic) bond motifs is 1. The first kappa shape index (κ1) is 19.1. The highest BCUT2D eigenvalue weighted by Crippen LogP contribution is 2.38. The van der Waals surface area contributed by atoms with Crippen LogP contribution >= 0.6 is 23.4 Å². The van der Waals surface area contributed by atoms with E-state index in [1.54, 1.807) is 18.2 Å². The number of thioether (sulfide) groups is 1. The summed E-state index contributed by atoms with van der Waals surface area (Å²) in [5.74, 6) is -4.37. The van der Waals surface area contributed by atoms with Gasteiger partial charge in [0.05, 0.1) is 22.2 Å². The van der Waals surface area contributed by atoms with Crippen molar-refractivity contribution in [3.63, 3.8) is 0 Å². The molecule has 0 radical (unpaired) electrons. The topological polar surface area (TPSA) is 101 Å². The number of benzene rings is 2. The molecule has 0 bridgehead atoms. The fraction of sp³-hybridized carbons (Fsp3) is 0.118. The highest BCUT2D eigenvalue weighted by molar-refractivity contribution is 8.01. The standard InChI is InChI=1S/C17H12ClF2N3O3S/c18-7-1-2-13-12(3-7)23-17(26)14(27-13)6-15(24)22-11-4-8(16(21)25)9(19)5-10(11)20/h1-5,14H,6H2,(H2,21,25)(H,22,24)(H,23,26). The van der Waals surface area contributed by atoms with Gasteiger partial charge in [0.15, 0.2) is 0 Å². The maximum Gasteiger partial charge on any atom is 0.251 e. The van der Waals surface area contributed by atoms with Crippen LogP contribution in [-0.2, 0) is 9.59 Å². The second-order valence-corrected chi connectivity index (χ2v) is 7.35. The lowest BCUT2D eigenvalue weighted by atomic mass is 10.1. The van der Waals surface area contributed by atoms with Crippen LogP contribution < -0.4 is 16.4 Å². The molecule has 0 fully saturated rings. The van der Waals surface area contributed by atoms with E-state index in [0.29, 0.717) is 16.8 Å². The van der Waals surface area contributed by atoms with Crippen LogP contribution in [0.3, 0.4) is 0 Å². The Hall–Kier alpha value is -2.65. The lowest BCUT2D eigenvalue weighted by Gasteiger charge is -2.23. The fourth-order valence-electron chi connectivity index (χ4n) is 2.46. The third-order valence-electron chi connectivity index (χ3n) is 3.73. The summed E-state index contributed by atoms with van der Waals surface area (Å²) < 4.78 is 27.3. The molecule has 3 rings (SSSR count). The highest BCUT2D eigenvalue weighted by atomic mass is 35.5. The largest absolute Gasteiger partial charge is 0.366 e. The summed E-state index contributed by atoms with van der Waals surface area (Å²) in [6.45, 7) is 0. The average Bonchev–Trinajstić information content (AvgIpc) is 2.58. The number of carbonyl (C=O) groups excluding carboxylic acids is 3. The van der Waals surface area contributed by atoms with Gasteiger partial charge in [0.1, 0.15) is 11.6 Å². The number of rotatable bonds is 4. The van der Waals surface area contributed by atoms with E-state index in [-0.39, 0.29) is 6.42 Å². The van der Waals surface area contributed by atoms with Crippen LogP contribution in [0.25, 0.3) is 0 Å². The van der Waals surface area contributed by atoms with Crippen molar-refractivity contribution < 1.29 is 23.2 Å². The van der Waals surface area contributed by atoms with Crippen LogP contribution in [0.5, 0.6) is 0 Å². The van der Waals surface area contributed by atoms with Crippen molar-refractivity contribution in [2.75, 3.05) is 10.6 Å². The molecule has 1 aliphatic rings. The summed E-state index contributed by atoms with van der Waals surface area (Å²) in [6, 6.07) is 6.23. The van der Waals surface area contributed by atoms with Crippen molar-refractivity contribution in [3.8, 4) is 0 Å². The van der Waals surface area contributed by atoms with Crippen molar-refractivity contribution >= 4 is 52.5 Å². The zero-order valence-corrected chi connectivity index (χ0v) is 15.1. The van der Waals surface area contributed by atoms with Gasteiger partial charge in [-0.2, -0.15) is 0 Å². The van der Waals surface area contributed by atoms with Crippen molar-refractivity contribution in [3.05, 3.63) is 52.6 Å². The van der Waals surface area contributed by atoms with E-state index >= 15 is 0 Å². The molecule has 2 aromatic rings. The van der Waals surface area contributed by atoms with Gasteiger partial charge in [0.25, 0.3) is 5.91 Å². The Morgan fingerprint density at radius 1 is 1.22 bits per heavy atom. The number of anilines is 2. The molecule has 1 unspecified atom stereocenters. The van der Waals surface area contributed by atoms with E-state index in [2.05, 4.69) is 10.6 Å². The van der Waals surface area contributed by atoms with Gasteiger partial charge in [-0.05, 0) is 24.3 Å². The van der Waals surface area contributed by atoms with E-state index in [4.69, 9.17) is 17.3 Å². The van der Waals surface area contributed by atoms with Crippen molar-refractivity contribution in [2.24, 2.45) is 5.73 Å². The molecule has 0 saturated heterocycles. The lowest BCUT2D eigenvalue weighted by molar-refractivity contribution is -0.120. The molecule has 1 aliphatic heterocycles. The van der Waals surface area contributed by atoms with E-state index in [0.717, 1.165) is 11.0 Å². The minimum atomic E-state index is -1.13.